The van der Waals surface area contributed by atoms with Crippen molar-refractivity contribution in [2.75, 3.05) is 16.9 Å². The highest BCUT2D eigenvalue weighted by Crippen LogP contribution is 2.25. The Balaban J connectivity index is 1.85. The zero-order valence-electron chi connectivity index (χ0n) is 14.3. The van der Waals surface area contributed by atoms with Gasteiger partial charge in [-0.1, -0.05) is 36.4 Å². The third-order valence-corrected chi connectivity index (χ3v) is 4.61. The maximum atomic E-state index is 13.1. The molecular formula is C21H19FN2OS. The second-order valence-corrected chi connectivity index (χ2v) is 6.60. The minimum Gasteiger partial charge on any atom is -0.370 e. The minimum atomic E-state index is -0.571. The van der Waals surface area contributed by atoms with Gasteiger partial charge in [-0.3, -0.25) is 4.79 Å². The molecule has 0 aliphatic rings. The van der Waals surface area contributed by atoms with Crippen molar-refractivity contribution in [2.45, 2.75) is 10.9 Å². The molecule has 0 unspecified atom stereocenters. The van der Waals surface area contributed by atoms with Crippen molar-refractivity contribution in [1.29, 1.82) is 0 Å². The Hall–Kier alpha value is -2.79. The molecule has 0 aliphatic heterocycles. The van der Waals surface area contributed by atoms with E-state index in [4.69, 9.17) is 0 Å². The predicted molar refractivity (Wildman–Crippen MR) is 106 cm³/mol. The van der Waals surface area contributed by atoms with E-state index >= 15 is 0 Å². The molecule has 0 heterocycles. The summed E-state index contributed by atoms with van der Waals surface area (Å²) in [7, 11) is 0. The first-order chi connectivity index (χ1) is 12.7. The first-order valence-corrected chi connectivity index (χ1v) is 9.40. The third kappa shape index (κ3) is 4.64. The maximum Gasteiger partial charge on any atom is 0.251 e. The van der Waals surface area contributed by atoms with E-state index in [1.165, 1.54) is 12.1 Å². The van der Waals surface area contributed by atoms with Gasteiger partial charge < -0.3 is 10.6 Å². The van der Waals surface area contributed by atoms with Gasteiger partial charge in [-0.2, -0.15) is 0 Å². The number of carbonyl (C=O) groups excluding carboxylic acids is 1. The number of carbonyl (C=O) groups is 1. The van der Waals surface area contributed by atoms with Crippen molar-refractivity contribution in [1.82, 2.24) is 0 Å². The molecule has 3 aromatic rings. The van der Waals surface area contributed by atoms with Gasteiger partial charge in [0.2, 0.25) is 0 Å². The Bertz CT molecular complexity index is 869. The lowest BCUT2D eigenvalue weighted by molar-refractivity contribution is -0.117. The van der Waals surface area contributed by atoms with Gasteiger partial charge in [0.1, 0.15) is 11.9 Å². The van der Waals surface area contributed by atoms with E-state index in [1.54, 1.807) is 23.9 Å². The Kier molecular flexibility index (Phi) is 5.92. The van der Waals surface area contributed by atoms with Gasteiger partial charge in [0, 0.05) is 16.3 Å². The van der Waals surface area contributed by atoms with Gasteiger partial charge in [0.25, 0.3) is 5.91 Å². The van der Waals surface area contributed by atoms with Crippen LogP contribution >= 0.6 is 11.8 Å². The lowest BCUT2D eigenvalue weighted by atomic mass is 10.1. The van der Waals surface area contributed by atoms with E-state index in [9.17, 15) is 9.18 Å². The molecular weight excluding hydrogens is 347 g/mol. The zero-order chi connectivity index (χ0) is 18.4. The lowest BCUT2D eigenvalue weighted by Gasteiger charge is -2.20. The average molecular weight is 366 g/mol. The lowest BCUT2D eigenvalue weighted by Crippen LogP contribution is -2.27. The highest BCUT2D eigenvalue weighted by molar-refractivity contribution is 7.98. The van der Waals surface area contributed by atoms with E-state index in [-0.39, 0.29) is 11.7 Å². The van der Waals surface area contributed by atoms with E-state index in [1.807, 2.05) is 60.9 Å². The highest BCUT2D eigenvalue weighted by atomic mass is 32.2. The number of hydrogen-bond donors (Lipinski definition) is 2. The molecule has 0 aromatic heterocycles. The Labute approximate surface area is 156 Å². The fraction of sp³-hybridized carbons (Fsp3) is 0.0952. The first kappa shape index (κ1) is 18.0. The second kappa shape index (κ2) is 8.54. The minimum absolute atomic E-state index is 0.211. The average Bonchev–Trinajstić information content (AvgIpc) is 2.68. The van der Waals surface area contributed by atoms with Crippen LogP contribution in [0.25, 0.3) is 0 Å². The molecule has 3 aromatic carbocycles. The van der Waals surface area contributed by atoms with Gasteiger partial charge >= 0.3 is 0 Å². The number of rotatable bonds is 6. The molecule has 0 aliphatic carbocycles. The van der Waals surface area contributed by atoms with Crippen molar-refractivity contribution in [3.05, 3.63) is 90.2 Å². The van der Waals surface area contributed by atoms with Crippen LogP contribution in [0.15, 0.2) is 83.8 Å². The third-order valence-electron chi connectivity index (χ3n) is 3.89. The van der Waals surface area contributed by atoms with Crippen LogP contribution in [0, 0.1) is 5.82 Å². The van der Waals surface area contributed by atoms with Gasteiger partial charge in [0.05, 0.1) is 0 Å². The second-order valence-electron chi connectivity index (χ2n) is 5.72. The van der Waals surface area contributed by atoms with Crippen molar-refractivity contribution in [2.24, 2.45) is 0 Å². The molecule has 3 nitrogen and oxygen atoms in total. The summed E-state index contributed by atoms with van der Waals surface area (Å²) in [5.41, 5.74) is 2.26. The van der Waals surface area contributed by atoms with Crippen LogP contribution < -0.4 is 10.6 Å². The summed E-state index contributed by atoms with van der Waals surface area (Å²) in [6, 6.07) is 22.6. The normalized spacial score (nSPS) is 11.6. The summed E-state index contributed by atoms with van der Waals surface area (Å²) in [5, 5.41) is 6.15. The van der Waals surface area contributed by atoms with Crippen LogP contribution in [-0.4, -0.2) is 12.2 Å². The fourth-order valence-electron chi connectivity index (χ4n) is 2.57. The molecule has 3 rings (SSSR count). The van der Waals surface area contributed by atoms with Crippen molar-refractivity contribution >= 4 is 29.0 Å². The monoisotopic (exact) mass is 366 g/mol. The standard InChI is InChI=1S/C21H19FN2OS/c1-26-19-9-5-8-18(14-19)23-20(15-6-3-2-4-7-15)21(25)24-17-12-10-16(22)11-13-17/h2-14,20,23H,1H3,(H,24,25)/t20-/m0/s1. The molecule has 0 bridgehead atoms. The molecule has 132 valence electrons. The quantitative estimate of drug-likeness (QED) is 0.579. The predicted octanol–water partition coefficient (Wildman–Crippen LogP) is 5.34. The molecule has 0 saturated carbocycles. The summed E-state index contributed by atoms with van der Waals surface area (Å²) in [6.45, 7) is 0. The molecule has 1 atom stereocenters. The van der Waals surface area contributed by atoms with Gasteiger partial charge in [-0.05, 0) is 54.3 Å². The van der Waals surface area contributed by atoms with Crippen LogP contribution in [-0.2, 0) is 4.79 Å². The number of hydrogen-bond acceptors (Lipinski definition) is 3. The summed E-state index contributed by atoms with van der Waals surface area (Å²) >= 11 is 1.64. The van der Waals surface area contributed by atoms with Crippen molar-refractivity contribution < 1.29 is 9.18 Å². The van der Waals surface area contributed by atoms with E-state index < -0.39 is 6.04 Å². The van der Waals surface area contributed by atoms with Gasteiger partial charge in [-0.15, -0.1) is 11.8 Å². The SMILES string of the molecule is CSc1cccc(N[C@H](C(=O)Nc2ccc(F)cc2)c2ccccc2)c1. The highest BCUT2D eigenvalue weighted by Gasteiger charge is 2.20. The number of thioether (sulfide) groups is 1. The van der Waals surface area contributed by atoms with Crippen LogP contribution in [0.5, 0.6) is 0 Å². The summed E-state index contributed by atoms with van der Waals surface area (Å²) in [4.78, 5) is 14.0. The Morgan fingerprint density at radius 3 is 2.35 bits per heavy atom. The van der Waals surface area contributed by atoms with Gasteiger partial charge in [0.15, 0.2) is 0 Å². The maximum absolute atomic E-state index is 13.1. The topological polar surface area (TPSA) is 41.1 Å². The molecule has 0 spiro atoms. The number of amides is 1. The first-order valence-electron chi connectivity index (χ1n) is 8.17. The van der Waals surface area contributed by atoms with Crippen LogP contribution in [0.1, 0.15) is 11.6 Å². The number of benzene rings is 3. The van der Waals surface area contributed by atoms with E-state index in [0.717, 1.165) is 16.1 Å². The largest absolute Gasteiger partial charge is 0.370 e. The van der Waals surface area contributed by atoms with Crippen LogP contribution in [0.2, 0.25) is 0 Å². The fourth-order valence-corrected chi connectivity index (χ4v) is 3.03. The number of halogens is 1. The summed E-state index contributed by atoms with van der Waals surface area (Å²) in [6.07, 6.45) is 2.01. The van der Waals surface area contributed by atoms with Crippen LogP contribution in [0.3, 0.4) is 0 Å². The number of anilines is 2. The molecule has 0 radical (unpaired) electrons. The molecule has 0 saturated heterocycles. The molecule has 1 amide bonds. The Morgan fingerprint density at radius 1 is 0.923 bits per heavy atom. The Morgan fingerprint density at radius 2 is 1.65 bits per heavy atom. The number of nitrogens with one attached hydrogen (secondary N) is 2. The molecule has 2 N–H and O–H groups in total. The van der Waals surface area contributed by atoms with E-state index in [0.29, 0.717) is 5.69 Å². The van der Waals surface area contributed by atoms with Gasteiger partial charge in [-0.25, -0.2) is 4.39 Å². The molecule has 0 fully saturated rings. The molecule has 5 heteroatoms. The smallest absolute Gasteiger partial charge is 0.251 e. The molecule has 26 heavy (non-hydrogen) atoms. The van der Waals surface area contributed by atoms with E-state index in [2.05, 4.69) is 10.6 Å². The summed E-state index contributed by atoms with van der Waals surface area (Å²) < 4.78 is 13.1. The van der Waals surface area contributed by atoms with Crippen molar-refractivity contribution in [3.63, 3.8) is 0 Å². The van der Waals surface area contributed by atoms with Crippen LogP contribution in [0.4, 0.5) is 15.8 Å². The van der Waals surface area contributed by atoms with Crippen molar-refractivity contribution in [3.8, 4) is 0 Å². The summed E-state index contributed by atoms with van der Waals surface area (Å²) in [5.74, 6) is -0.549. The zero-order valence-corrected chi connectivity index (χ0v) is 15.1.